The molecule has 2 heterocycles. The molecule has 0 aromatic heterocycles. The Hall–Kier alpha value is -0.650. The molecule has 2 aliphatic heterocycles. The molecule has 2 saturated heterocycles. The van der Waals surface area contributed by atoms with Gasteiger partial charge in [-0.15, -0.1) is 0 Å². The fourth-order valence-electron chi connectivity index (χ4n) is 2.79. The quantitative estimate of drug-likeness (QED) is 0.387. The summed E-state index contributed by atoms with van der Waals surface area (Å²) in [5.74, 6) is 4.99. The van der Waals surface area contributed by atoms with Gasteiger partial charge in [0.15, 0.2) is 0 Å². The van der Waals surface area contributed by atoms with Crippen molar-refractivity contribution in [1.29, 1.82) is 0 Å². The van der Waals surface area contributed by atoms with Crippen LogP contribution in [-0.4, -0.2) is 54.5 Å². The van der Waals surface area contributed by atoms with E-state index in [-0.39, 0.29) is 5.91 Å². The van der Waals surface area contributed by atoms with Crippen LogP contribution in [0.2, 0.25) is 0 Å². The topological polar surface area (TPSA) is 61.6 Å². The van der Waals surface area contributed by atoms with E-state index in [2.05, 4.69) is 15.2 Å². The van der Waals surface area contributed by atoms with Gasteiger partial charge in [-0.1, -0.05) is 0 Å². The number of hydrazine groups is 1. The average Bonchev–Trinajstić information content (AvgIpc) is 2.76. The Bertz CT molecular complexity index is 246. The fourth-order valence-corrected chi connectivity index (χ4v) is 2.79. The van der Waals surface area contributed by atoms with E-state index >= 15 is 0 Å². The molecule has 0 aromatic rings. The van der Waals surface area contributed by atoms with Crippen molar-refractivity contribution < 1.29 is 4.79 Å². The van der Waals surface area contributed by atoms with Crippen LogP contribution in [0.5, 0.6) is 0 Å². The number of rotatable bonds is 4. The second-order valence-corrected chi connectivity index (χ2v) is 4.80. The normalized spacial score (nSPS) is 26.7. The van der Waals surface area contributed by atoms with E-state index in [9.17, 15) is 4.79 Å². The number of nitrogens with zero attached hydrogens (tertiary/aromatic N) is 2. The number of amides is 1. The minimum Gasteiger partial charge on any atom is -0.300 e. The molecule has 0 aromatic carbocycles. The van der Waals surface area contributed by atoms with Gasteiger partial charge in [-0.3, -0.25) is 15.1 Å². The molecular formula is C11H22N4O. The van der Waals surface area contributed by atoms with Gasteiger partial charge in [0.05, 0.1) is 0 Å². The molecule has 16 heavy (non-hydrogen) atoms. The minimum atomic E-state index is -0.0560. The molecule has 0 saturated carbocycles. The predicted molar refractivity (Wildman–Crippen MR) is 62.6 cm³/mol. The van der Waals surface area contributed by atoms with Crippen molar-refractivity contribution in [2.24, 2.45) is 5.84 Å². The van der Waals surface area contributed by atoms with E-state index in [0.29, 0.717) is 6.42 Å². The summed E-state index contributed by atoms with van der Waals surface area (Å²) in [7, 11) is 0. The van der Waals surface area contributed by atoms with Gasteiger partial charge in [0.25, 0.3) is 0 Å². The largest absolute Gasteiger partial charge is 0.300 e. The van der Waals surface area contributed by atoms with Crippen molar-refractivity contribution in [3.05, 3.63) is 0 Å². The van der Waals surface area contributed by atoms with Crippen molar-refractivity contribution in [2.45, 2.75) is 31.7 Å². The second kappa shape index (κ2) is 5.61. The first-order chi connectivity index (χ1) is 7.79. The molecule has 1 amide bonds. The summed E-state index contributed by atoms with van der Waals surface area (Å²) in [5, 5.41) is 0. The lowest BCUT2D eigenvalue weighted by Gasteiger charge is -2.37. The lowest BCUT2D eigenvalue weighted by molar-refractivity contribution is -0.121. The molecule has 1 unspecified atom stereocenters. The monoisotopic (exact) mass is 226 g/mol. The summed E-state index contributed by atoms with van der Waals surface area (Å²) in [4.78, 5) is 16.1. The summed E-state index contributed by atoms with van der Waals surface area (Å²) in [5.41, 5.74) is 2.17. The Morgan fingerprint density at radius 1 is 1.38 bits per heavy atom. The first-order valence-electron chi connectivity index (χ1n) is 6.25. The third kappa shape index (κ3) is 2.93. The molecule has 5 nitrogen and oxygen atoms in total. The van der Waals surface area contributed by atoms with Crippen LogP contribution in [0.1, 0.15) is 25.7 Å². The number of piperazine rings is 1. The molecule has 0 radical (unpaired) electrons. The highest BCUT2D eigenvalue weighted by atomic mass is 16.2. The highest BCUT2D eigenvalue weighted by Crippen LogP contribution is 2.21. The number of hydrogen-bond acceptors (Lipinski definition) is 4. The van der Waals surface area contributed by atoms with Gasteiger partial charge in [0, 0.05) is 32.1 Å². The standard InChI is InChI=1S/C11H22N4O/c12-13-11(16)4-2-5-14-7-8-15-6-1-3-10(15)9-14/h10H,1-9,12H2,(H,13,16). The molecule has 2 aliphatic rings. The summed E-state index contributed by atoms with van der Waals surface area (Å²) >= 11 is 0. The number of carbonyl (C=O) groups excluding carboxylic acids is 1. The molecule has 2 fully saturated rings. The smallest absolute Gasteiger partial charge is 0.233 e. The summed E-state index contributed by atoms with van der Waals surface area (Å²) < 4.78 is 0. The third-order valence-electron chi connectivity index (χ3n) is 3.71. The number of fused-ring (bicyclic) bond motifs is 1. The van der Waals surface area contributed by atoms with Crippen LogP contribution in [0.25, 0.3) is 0 Å². The molecular weight excluding hydrogens is 204 g/mol. The fraction of sp³-hybridized carbons (Fsp3) is 0.909. The van der Waals surface area contributed by atoms with E-state index < -0.39 is 0 Å². The number of hydrogen-bond donors (Lipinski definition) is 2. The molecule has 2 rings (SSSR count). The van der Waals surface area contributed by atoms with Gasteiger partial charge in [0.1, 0.15) is 0 Å². The third-order valence-corrected chi connectivity index (χ3v) is 3.71. The maximum absolute atomic E-state index is 11.0. The predicted octanol–water partition coefficient (Wildman–Crippen LogP) is -0.463. The van der Waals surface area contributed by atoms with Crippen molar-refractivity contribution in [1.82, 2.24) is 15.2 Å². The van der Waals surface area contributed by atoms with Crippen molar-refractivity contribution in [3.63, 3.8) is 0 Å². The first-order valence-corrected chi connectivity index (χ1v) is 6.25. The number of carbonyl (C=O) groups is 1. The van der Waals surface area contributed by atoms with Gasteiger partial charge < -0.3 is 4.90 Å². The average molecular weight is 226 g/mol. The van der Waals surface area contributed by atoms with Crippen LogP contribution >= 0.6 is 0 Å². The van der Waals surface area contributed by atoms with Crippen LogP contribution in [0, 0.1) is 0 Å². The summed E-state index contributed by atoms with van der Waals surface area (Å²) in [6.45, 7) is 5.85. The zero-order valence-corrected chi connectivity index (χ0v) is 9.82. The molecule has 0 spiro atoms. The van der Waals surface area contributed by atoms with Crippen molar-refractivity contribution in [3.8, 4) is 0 Å². The maximum atomic E-state index is 11.0. The van der Waals surface area contributed by atoms with Crippen molar-refractivity contribution >= 4 is 5.91 Å². The molecule has 92 valence electrons. The van der Waals surface area contributed by atoms with Gasteiger partial charge >= 0.3 is 0 Å². The van der Waals surface area contributed by atoms with Gasteiger partial charge in [-0.25, -0.2) is 5.84 Å². The molecule has 0 bridgehead atoms. The Balaban J connectivity index is 1.65. The van der Waals surface area contributed by atoms with Crippen LogP contribution in [-0.2, 0) is 4.79 Å². The Morgan fingerprint density at radius 3 is 3.06 bits per heavy atom. The van der Waals surface area contributed by atoms with E-state index in [1.807, 2.05) is 0 Å². The van der Waals surface area contributed by atoms with E-state index in [0.717, 1.165) is 25.6 Å². The zero-order chi connectivity index (χ0) is 11.4. The van der Waals surface area contributed by atoms with Crippen LogP contribution in [0.4, 0.5) is 0 Å². The van der Waals surface area contributed by atoms with E-state index in [1.54, 1.807) is 0 Å². The summed E-state index contributed by atoms with van der Waals surface area (Å²) in [6.07, 6.45) is 4.16. The minimum absolute atomic E-state index is 0.0560. The van der Waals surface area contributed by atoms with E-state index in [4.69, 9.17) is 5.84 Å². The van der Waals surface area contributed by atoms with Crippen LogP contribution < -0.4 is 11.3 Å². The first kappa shape index (κ1) is 11.8. The van der Waals surface area contributed by atoms with E-state index in [1.165, 1.54) is 32.5 Å². The molecule has 0 aliphatic carbocycles. The lowest BCUT2D eigenvalue weighted by Crippen LogP contribution is -2.50. The number of nitrogens with two attached hydrogens (primary N) is 1. The Morgan fingerprint density at radius 2 is 2.25 bits per heavy atom. The Labute approximate surface area is 96.9 Å². The molecule has 1 atom stereocenters. The van der Waals surface area contributed by atoms with Gasteiger partial charge in [-0.05, 0) is 32.4 Å². The van der Waals surface area contributed by atoms with Gasteiger partial charge in [-0.2, -0.15) is 0 Å². The Kier molecular flexibility index (Phi) is 4.15. The van der Waals surface area contributed by atoms with Gasteiger partial charge in [0.2, 0.25) is 5.91 Å². The van der Waals surface area contributed by atoms with Crippen LogP contribution in [0.15, 0.2) is 0 Å². The zero-order valence-electron chi connectivity index (χ0n) is 9.82. The SMILES string of the molecule is NNC(=O)CCCN1CCN2CCCC2C1. The highest BCUT2D eigenvalue weighted by Gasteiger charge is 2.29. The number of nitrogens with one attached hydrogen (secondary N) is 1. The highest BCUT2D eigenvalue weighted by molar-refractivity contribution is 5.75. The second-order valence-electron chi connectivity index (χ2n) is 4.80. The molecule has 5 heteroatoms. The lowest BCUT2D eigenvalue weighted by atomic mass is 10.1. The molecule has 3 N–H and O–H groups in total. The van der Waals surface area contributed by atoms with Crippen molar-refractivity contribution in [2.75, 3.05) is 32.7 Å². The summed E-state index contributed by atoms with van der Waals surface area (Å²) in [6, 6.07) is 0.775. The maximum Gasteiger partial charge on any atom is 0.233 e. The van der Waals surface area contributed by atoms with Crippen LogP contribution in [0.3, 0.4) is 0 Å².